The number of hydrogen-bond acceptors (Lipinski definition) is 7. The van der Waals surface area contributed by atoms with E-state index in [9.17, 15) is 10.1 Å². The molecule has 0 radical (unpaired) electrons. The Balaban J connectivity index is 1.89. The zero-order valence-corrected chi connectivity index (χ0v) is 15.6. The summed E-state index contributed by atoms with van der Waals surface area (Å²) in [5.41, 5.74) is 7.91. The van der Waals surface area contributed by atoms with Crippen LogP contribution in [0.2, 0.25) is 0 Å². The van der Waals surface area contributed by atoms with Crippen LogP contribution in [0.5, 0.6) is 0 Å². The number of rotatable bonds is 3. The van der Waals surface area contributed by atoms with Crippen molar-refractivity contribution >= 4 is 11.9 Å². The van der Waals surface area contributed by atoms with Gasteiger partial charge in [0.2, 0.25) is 0 Å². The Morgan fingerprint density at radius 3 is 2.61 bits per heavy atom. The van der Waals surface area contributed by atoms with E-state index in [2.05, 4.69) is 21.0 Å². The molecule has 0 saturated carbocycles. The van der Waals surface area contributed by atoms with Crippen LogP contribution in [-0.4, -0.2) is 51.8 Å². The molecule has 2 aliphatic rings. The number of aromatic nitrogens is 2. The van der Waals surface area contributed by atoms with Crippen molar-refractivity contribution in [2.75, 3.05) is 14.1 Å². The number of carbonyl (C=O) groups is 1. The van der Waals surface area contributed by atoms with Crippen molar-refractivity contribution in [3.8, 4) is 17.2 Å². The number of nitriles is 1. The lowest BCUT2D eigenvalue weighted by atomic mass is 9.80. The highest BCUT2D eigenvalue weighted by molar-refractivity contribution is 6.09. The molecule has 2 unspecified atom stereocenters. The summed E-state index contributed by atoms with van der Waals surface area (Å²) in [6.07, 6.45) is 7.15. The van der Waals surface area contributed by atoms with E-state index in [4.69, 9.17) is 5.73 Å². The standard InChI is InChI=1S/C20H19N7O/c1-26-11-16(7-17(26)8-21)20(18(28)27(2)19(22)25-20)15-5-3-4-13(6-15)14-9-23-12-24-10-14/h3-6,9-12,17H,7H2,1-2H3,(H2,22,25). The van der Waals surface area contributed by atoms with Crippen LogP contribution in [-0.2, 0) is 10.3 Å². The van der Waals surface area contributed by atoms with Crippen LogP contribution in [0.15, 0.2) is 59.8 Å². The maximum absolute atomic E-state index is 13.3. The molecule has 1 amide bonds. The van der Waals surface area contributed by atoms with Crippen molar-refractivity contribution in [3.63, 3.8) is 0 Å². The molecule has 28 heavy (non-hydrogen) atoms. The molecule has 3 heterocycles. The fraction of sp³-hybridized carbons (Fsp3) is 0.250. The summed E-state index contributed by atoms with van der Waals surface area (Å²) in [5, 5.41) is 9.42. The van der Waals surface area contributed by atoms with Crippen molar-refractivity contribution < 1.29 is 4.79 Å². The van der Waals surface area contributed by atoms with E-state index in [0.29, 0.717) is 12.0 Å². The first-order chi connectivity index (χ1) is 13.5. The molecule has 140 valence electrons. The van der Waals surface area contributed by atoms with E-state index in [1.807, 2.05) is 42.4 Å². The van der Waals surface area contributed by atoms with Crippen molar-refractivity contribution in [1.29, 1.82) is 5.26 Å². The normalized spacial score (nSPS) is 24.2. The Bertz CT molecular complexity index is 1040. The number of likely N-dealkylation sites (N-methyl/N-ethyl adjacent to an activating group) is 1. The van der Waals surface area contributed by atoms with Crippen molar-refractivity contribution in [2.24, 2.45) is 10.7 Å². The van der Waals surface area contributed by atoms with E-state index in [0.717, 1.165) is 16.7 Å². The van der Waals surface area contributed by atoms with Gasteiger partial charge in [-0.1, -0.05) is 18.2 Å². The van der Waals surface area contributed by atoms with Gasteiger partial charge in [0.15, 0.2) is 11.5 Å². The summed E-state index contributed by atoms with van der Waals surface area (Å²) in [4.78, 5) is 29.2. The van der Waals surface area contributed by atoms with E-state index in [1.54, 1.807) is 19.4 Å². The van der Waals surface area contributed by atoms with Gasteiger partial charge in [0, 0.05) is 44.7 Å². The number of hydrogen-bond donors (Lipinski definition) is 1. The number of benzene rings is 1. The average Bonchev–Trinajstić information content (AvgIpc) is 3.22. The molecule has 2 N–H and O–H groups in total. The topological polar surface area (TPSA) is 112 Å². The Morgan fingerprint density at radius 1 is 1.25 bits per heavy atom. The van der Waals surface area contributed by atoms with Crippen LogP contribution in [0.25, 0.3) is 11.1 Å². The average molecular weight is 373 g/mol. The lowest BCUT2D eigenvalue weighted by molar-refractivity contribution is -0.129. The minimum absolute atomic E-state index is 0.155. The Labute approximate surface area is 162 Å². The molecular formula is C20H19N7O. The number of carbonyl (C=O) groups excluding carboxylic acids is 1. The lowest BCUT2D eigenvalue weighted by Gasteiger charge is -2.27. The lowest BCUT2D eigenvalue weighted by Crippen LogP contribution is -2.41. The number of guanidine groups is 1. The first-order valence-electron chi connectivity index (χ1n) is 8.79. The molecule has 0 bridgehead atoms. The molecule has 0 aliphatic carbocycles. The van der Waals surface area contributed by atoms with Gasteiger partial charge in [0.05, 0.1) is 6.07 Å². The summed E-state index contributed by atoms with van der Waals surface area (Å²) >= 11 is 0. The first-order valence-corrected chi connectivity index (χ1v) is 8.79. The van der Waals surface area contributed by atoms with E-state index in [1.165, 1.54) is 11.2 Å². The second kappa shape index (κ2) is 6.46. The van der Waals surface area contributed by atoms with Gasteiger partial charge in [-0.05, 0) is 22.8 Å². The summed E-state index contributed by atoms with van der Waals surface area (Å²) < 4.78 is 0. The quantitative estimate of drug-likeness (QED) is 0.866. The van der Waals surface area contributed by atoms with Crippen LogP contribution in [0, 0.1) is 11.3 Å². The van der Waals surface area contributed by atoms with E-state index in [-0.39, 0.29) is 17.9 Å². The molecule has 8 nitrogen and oxygen atoms in total. The van der Waals surface area contributed by atoms with Crippen LogP contribution in [0.1, 0.15) is 12.0 Å². The maximum atomic E-state index is 13.3. The van der Waals surface area contributed by atoms with Gasteiger partial charge in [0.1, 0.15) is 12.4 Å². The molecule has 2 aromatic rings. The Hall–Kier alpha value is -3.73. The molecule has 2 atom stereocenters. The smallest absolute Gasteiger partial charge is 0.266 e. The van der Waals surface area contributed by atoms with Gasteiger partial charge in [-0.2, -0.15) is 5.26 Å². The summed E-state index contributed by atoms with van der Waals surface area (Å²) in [7, 11) is 3.43. The van der Waals surface area contributed by atoms with Crippen LogP contribution in [0.3, 0.4) is 0 Å². The highest BCUT2D eigenvalue weighted by Crippen LogP contribution is 2.44. The van der Waals surface area contributed by atoms with Crippen molar-refractivity contribution in [1.82, 2.24) is 19.8 Å². The van der Waals surface area contributed by atoms with Crippen molar-refractivity contribution in [2.45, 2.75) is 18.0 Å². The van der Waals surface area contributed by atoms with Crippen LogP contribution < -0.4 is 5.73 Å². The zero-order valence-electron chi connectivity index (χ0n) is 15.6. The fourth-order valence-electron chi connectivity index (χ4n) is 3.71. The molecule has 1 aromatic carbocycles. The predicted molar refractivity (Wildman–Crippen MR) is 103 cm³/mol. The first kappa shape index (κ1) is 17.7. The molecule has 8 heteroatoms. The SMILES string of the molecule is CN1C(=O)C(C2=CN(C)C(C#N)C2)(c2cccc(-c3cncnc3)c2)N=C1N. The minimum Gasteiger partial charge on any atom is -0.369 e. The molecule has 2 aliphatic heterocycles. The van der Waals surface area contributed by atoms with Gasteiger partial charge in [-0.15, -0.1) is 0 Å². The fourth-order valence-corrected chi connectivity index (χ4v) is 3.71. The number of nitrogens with two attached hydrogens (primary N) is 1. The largest absolute Gasteiger partial charge is 0.369 e. The van der Waals surface area contributed by atoms with E-state index < -0.39 is 5.54 Å². The summed E-state index contributed by atoms with van der Waals surface area (Å²) in [6, 6.07) is 9.50. The van der Waals surface area contributed by atoms with Gasteiger partial charge < -0.3 is 10.6 Å². The summed E-state index contributed by atoms with van der Waals surface area (Å²) in [6.45, 7) is 0. The van der Waals surface area contributed by atoms with Gasteiger partial charge in [-0.25, -0.2) is 15.0 Å². The maximum Gasteiger partial charge on any atom is 0.266 e. The minimum atomic E-state index is -1.27. The van der Waals surface area contributed by atoms with E-state index >= 15 is 0 Å². The Kier molecular flexibility index (Phi) is 4.08. The predicted octanol–water partition coefficient (Wildman–Crippen LogP) is 1.24. The third-order valence-electron chi connectivity index (χ3n) is 5.29. The Morgan fingerprint density at radius 2 is 2.00 bits per heavy atom. The second-order valence-electron chi connectivity index (χ2n) is 6.92. The number of aliphatic imine (C=N–C) groups is 1. The number of amides is 1. The zero-order chi connectivity index (χ0) is 19.9. The highest BCUT2D eigenvalue weighted by Gasteiger charge is 2.52. The third kappa shape index (κ3) is 2.52. The molecular weight excluding hydrogens is 354 g/mol. The van der Waals surface area contributed by atoms with Crippen LogP contribution in [0.4, 0.5) is 0 Å². The third-order valence-corrected chi connectivity index (χ3v) is 5.29. The molecule has 0 saturated heterocycles. The highest BCUT2D eigenvalue weighted by atomic mass is 16.2. The summed E-state index contributed by atoms with van der Waals surface area (Å²) in [5.74, 6) is -0.0768. The van der Waals surface area contributed by atoms with Gasteiger partial charge >= 0.3 is 0 Å². The monoisotopic (exact) mass is 373 g/mol. The molecule has 1 aromatic heterocycles. The molecule has 0 spiro atoms. The van der Waals surface area contributed by atoms with Gasteiger partial charge in [-0.3, -0.25) is 9.69 Å². The van der Waals surface area contributed by atoms with Crippen LogP contribution >= 0.6 is 0 Å². The van der Waals surface area contributed by atoms with Crippen molar-refractivity contribution in [3.05, 3.63) is 60.3 Å². The second-order valence-corrected chi connectivity index (χ2v) is 6.92. The number of nitrogens with zero attached hydrogens (tertiary/aromatic N) is 6. The molecule has 4 rings (SSSR count). The van der Waals surface area contributed by atoms with Gasteiger partial charge in [0.25, 0.3) is 5.91 Å². The molecule has 0 fully saturated rings.